The summed E-state index contributed by atoms with van der Waals surface area (Å²) in [6.07, 6.45) is 1.68. The van der Waals surface area contributed by atoms with E-state index in [9.17, 15) is 14.7 Å². The van der Waals surface area contributed by atoms with E-state index in [1.54, 1.807) is 42.5 Å². The molecule has 0 aliphatic carbocycles. The number of carboxylic acids is 1. The Kier molecular flexibility index (Phi) is 8.68. The predicted octanol–water partition coefficient (Wildman–Crippen LogP) is 6.76. The summed E-state index contributed by atoms with van der Waals surface area (Å²) in [5.74, 6) is -0.523. The minimum atomic E-state index is -1.21. The summed E-state index contributed by atoms with van der Waals surface area (Å²) in [6.45, 7) is 4.71. The maximum Gasteiger partial charge on any atom is 0.331 e. The Morgan fingerprint density at radius 1 is 1.14 bits per heavy atom. The number of hydrogen-bond donors (Lipinski definition) is 1. The van der Waals surface area contributed by atoms with Crippen LogP contribution in [0.15, 0.2) is 76.1 Å². The summed E-state index contributed by atoms with van der Waals surface area (Å²) in [7, 11) is 0. The normalized spacial score (nSPS) is 15.2. The predicted molar refractivity (Wildman–Crippen MR) is 153 cm³/mol. The van der Waals surface area contributed by atoms with E-state index >= 15 is 0 Å². The van der Waals surface area contributed by atoms with Gasteiger partial charge in [0.25, 0.3) is 5.91 Å². The molecule has 0 bridgehead atoms. The van der Waals surface area contributed by atoms with Gasteiger partial charge in [-0.1, -0.05) is 78.6 Å². The van der Waals surface area contributed by atoms with E-state index in [1.807, 2.05) is 44.2 Å². The number of nitrogens with zero attached hydrogens (tertiary/aromatic N) is 1. The number of ether oxygens (including phenoxy) is 2. The SMILES string of the molecule is CCOc1cc(/C=C2\SC(=S)N(C(C(=O)O)c3ccccc3)C2=O)cc(Br)c1OCc1ccccc1C. The molecule has 0 aromatic heterocycles. The Hall–Kier alpha value is -3.14. The van der Waals surface area contributed by atoms with Crippen molar-refractivity contribution in [3.63, 3.8) is 0 Å². The van der Waals surface area contributed by atoms with Gasteiger partial charge in [0.1, 0.15) is 10.9 Å². The van der Waals surface area contributed by atoms with E-state index in [-0.39, 0.29) is 4.32 Å². The smallest absolute Gasteiger partial charge is 0.331 e. The zero-order valence-electron chi connectivity index (χ0n) is 20.1. The van der Waals surface area contributed by atoms with E-state index < -0.39 is 17.9 Å². The third kappa shape index (κ3) is 6.06. The second-order valence-corrected chi connectivity index (χ2v) is 10.7. The Labute approximate surface area is 233 Å². The van der Waals surface area contributed by atoms with Gasteiger partial charge in [-0.15, -0.1) is 0 Å². The summed E-state index contributed by atoms with van der Waals surface area (Å²) >= 11 is 10.1. The molecule has 3 aromatic carbocycles. The molecule has 1 heterocycles. The lowest BCUT2D eigenvalue weighted by atomic mass is 10.1. The molecule has 1 aliphatic heterocycles. The topological polar surface area (TPSA) is 76.1 Å². The van der Waals surface area contributed by atoms with Crippen molar-refractivity contribution in [1.29, 1.82) is 0 Å². The third-order valence-corrected chi connectivity index (χ3v) is 7.61. The molecule has 4 rings (SSSR count). The average molecular weight is 599 g/mol. The van der Waals surface area contributed by atoms with Gasteiger partial charge >= 0.3 is 5.97 Å². The summed E-state index contributed by atoms with van der Waals surface area (Å²) in [5.41, 5.74) is 3.36. The lowest BCUT2D eigenvalue weighted by Crippen LogP contribution is -2.37. The van der Waals surface area contributed by atoms with Gasteiger partial charge in [-0.05, 0) is 70.2 Å². The van der Waals surface area contributed by atoms with Crippen LogP contribution in [0, 0.1) is 6.92 Å². The molecule has 1 amide bonds. The van der Waals surface area contributed by atoms with Gasteiger partial charge in [0.15, 0.2) is 17.5 Å². The molecule has 9 heteroatoms. The molecule has 3 aromatic rings. The standard InChI is InChI=1S/C28H24BrNO5S2/c1-3-34-22-14-18(13-21(29)25(22)35-16-20-12-8-7-9-17(20)2)15-23-26(31)30(28(36)37-23)24(27(32)33)19-10-5-4-6-11-19/h4-15,24H,3,16H2,1-2H3,(H,32,33)/b23-15-. The largest absolute Gasteiger partial charge is 0.490 e. The maximum absolute atomic E-state index is 13.3. The van der Waals surface area contributed by atoms with Crippen molar-refractivity contribution in [3.05, 3.63) is 98.4 Å². The number of hydrogen-bond acceptors (Lipinski definition) is 6. The van der Waals surface area contributed by atoms with Crippen LogP contribution >= 0.6 is 39.9 Å². The highest BCUT2D eigenvalue weighted by atomic mass is 79.9. The molecule has 1 saturated heterocycles. The van der Waals surface area contributed by atoms with Crippen molar-refractivity contribution < 1.29 is 24.2 Å². The van der Waals surface area contributed by atoms with Crippen molar-refractivity contribution in [2.45, 2.75) is 26.5 Å². The van der Waals surface area contributed by atoms with Gasteiger partial charge in [-0.2, -0.15) is 0 Å². The minimum Gasteiger partial charge on any atom is -0.490 e. The van der Waals surface area contributed by atoms with Crippen LogP contribution in [0.4, 0.5) is 0 Å². The van der Waals surface area contributed by atoms with Crippen LogP contribution in [0.3, 0.4) is 0 Å². The minimum absolute atomic E-state index is 0.190. The zero-order chi connectivity index (χ0) is 26.5. The molecule has 190 valence electrons. The van der Waals surface area contributed by atoms with Gasteiger partial charge in [-0.25, -0.2) is 4.79 Å². The number of rotatable bonds is 9. The molecule has 1 aliphatic rings. The summed E-state index contributed by atoms with van der Waals surface area (Å²) in [4.78, 5) is 26.9. The lowest BCUT2D eigenvalue weighted by Gasteiger charge is -2.23. The van der Waals surface area contributed by atoms with Crippen molar-refractivity contribution in [2.24, 2.45) is 0 Å². The molecule has 0 saturated carbocycles. The Balaban J connectivity index is 1.62. The van der Waals surface area contributed by atoms with Crippen LogP contribution < -0.4 is 9.47 Å². The average Bonchev–Trinajstić information content (AvgIpc) is 3.13. The van der Waals surface area contributed by atoms with Crippen LogP contribution in [0.1, 0.15) is 35.2 Å². The third-order valence-electron chi connectivity index (χ3n) is 5.69. The molecule has 1 atom stereocenters. The Morgan fingerprint density at radius 3 is 2.51 bits per heavy atom. The van der Waals surface area contributed by atoms with Crippen LogP contribution in [0.2, 0.25) is 0 Å². The molecule has 1 unspecified atom stereocenters. The molecule has 6 nitrogen and oxygen atoms in total. The molecular formula is C28H24BrNO5S2. The first kappa shape index (κ1) is 26.9. The van der Waals surface area contributed by atoms with Crippen molar-refractivity contribution in [1.82, 2.24) is 4.90 Å². The quantitative estimate of drug-likeness (QED) is 0.215. The van der Waals surface area contributed by atoms with Gasteiger partial charge in [-0.3, -0.25) is 9.69 Å². The Bertz CT molecular complexity index is 1380. The summed E-state index contributed by atoms with van der Waals surface area (Å²) in [6, 6.07) is 19.0. The van der Waals surface area contributed by atoms with E-state index in [0.29, 0.717) is 45.2 Å². The van der Waals surface area contributed by atoms with Gasteiger partial charge < -0.3 is 14.6 Å². The fourth-order valence-corrected chi connectivity index (χ4v) is 5.77. The number of amides is 1. The molecule has 0 spiro atoms. The van der Waals surface area contributed by atoms with E-state index in [0.717, 1.165) is 27.8 Å². The number of thiocarbonyl (C=S) groups is 1. The molecule has 1 N–H and O–H groups in total. The number of benzene rings is 3. The van der Waals surface area contributed by atoms with Crippen LogP contribution in [-0.4, -0.2) is 32.8 Å². The Morgan fingerprint density at radius 2 is 1.84 bits per heavy atom. The fourth-order valence-electron chi connectivity index (χ4n) is 3.89. The zero-order valence-corrected chi connectivity index (χ0v) is 23.4. The highest BCUT2D eigenvalue weighted by Crippen LogP contribution is 2.41. The molecular weight excluding hydrogens is 574 g/mol. The highest BCUT2D eigenvalue weighted by molar-refractivity contribution is 9.10. The fraction of sp³-hybridized carbons (Fsp3) is 0.179. The number of thioether (sulfide) groups is 1. The number of aryl methyl sites for hydroxylation is 1. The maximum atomic E-state index is 13.3. The van der Waals surface area contributed by atoms with Gasteiger partial charge in [0.2, 0.25) is 0 Å². The van der Waals surface area contributed by atoms with Crippen molar-refractivity contribution in [3.8, 4) is 11.5 Å². The number of carboxylic acid groups (broad SMARTS) is 1. The number of aliphatic carboxylic acids is 1. The first-order valence-corrected chi connectivity index (χ1v) is 13.5. The van der Waals surface area contributed by atoms with E-state index in [4.69, 9.17) is 21.7 Å². The van der Waals surface area contributed by atoms with E-state index in [2.05, 4.69) is 15.9 Å². The monoisotopic (exact) mass is 597 g/mol. The van der Waals surface area contributed by atoms with Crippen LogP contribution in [0.5, 0.6) is 11.5 Å². The van der Waals surface area contributed by atoms with Crippen molar-refractivity contribution >= 4 is 62.2 Å². The van der Waals surface area contributed by atoms with Crippen LogP contribution in [-0.2, 0) is 16.2 Å². The number of halogens is 1. The van der Waals surface area contributed by atoms with Gasteiger partial charge in [0, 0.05) is 0 Å². The number of carbonyl (C=O) groups is 2. The molecule has 0 radical (unpaired) electrons. The van der Waals surface area contributed by atoms with Crippen LogP contribution in [0.25, 0.3) is 6.08 Å². The molecule has 1 fully saturated rings. The van der Waals surface area contributed by atoms with E-state index in [1.165, 1.54) is 0 Å². The number of carbonyl (C=O) groups excluding carboxylic acids is 1. The second kappa shape index (κ2) is 11.9. The van der Waals surface area contributed by atoms with Gasteiger partial charge in [0.05, 0.1) is 16.0 Å². The second-order valence-electron chi connectivity index (χ2n) is 8.18. The summed E-state index contributed by atoms with van der Waals surface area (Å²) in [5, 5.41) is 9.89. The first-order valence-electron chi connectivity index (χ1n) is 11.5. The van der Waals surface area contributed by atoms with Crippen molar-refractivity contribution in [2.75, 3.05) is 6.61 Å². The molecule has 37 heavy (non-hydrogen) atoms. The highest BCUT2D eigenvalue weighted by Gasteiger charge is 2.41. The lowest BCUT2D eigenvalue weighted by molar-refractivity contribution is -0.145. The summed E-state index contributed by atoms with van der Waals surface area (Å²) < 4.78 is 12.8. The first-order chi connectivity index (χ1) is 17.8.